The second-order valence-electron chi connectivity index (χ2n) is 5.31. The van der Waals surface area contributed by atoms with E-state index in [1.165, 1.54) is 11.8 Å². The lowest BCUT2D eigenvalue weighted by molar-refractivity contribution is 0.999. The molecule has 0 saturated carbocycles. The van der Waals surface area contributed by atoms with Gasteiger partial charge < -0.3 is 11.1 Å². The standard InChI is InChI=1S/C16H15N7S/c1-10-7-13(22-21-10)19-16-20-15(9-14-18-5-6-23(14)16)24-12-4-2-3-11(17)8-12/h2-9H,17H2,1H3,(H2,19,20,21,22). The maximum atomic E-state index is 5.85. The van der Waals surface area contributed by atoms with E-state index in [9.17, 15) is 0 Å². The minimum absolute atomic E-state index is 0.655. The summed E-state index contributed by atoms with van der Waals surface area (Å²) in [5.74, 6) is 1.36. The number of anilines is 3. The summed E-state index contributed by atoms with van der Waals surface area (Å²) in [7, 11) is 0. The average Bonchev–Trinajstić information content (AvgIpc) is 3.16. The van der Waals surface area contributed by atoms with Crippen molar-refractivity contribution < 1.29 is 0 Å². The number of imidazole rings is 1. The number of nitrogens with two attached hydrogens (primary N) is 1. The van der Waals surface area contributed by atoms with E-state index in [1.807, 2.05) is 53.9 Å². The van der Waals surface area contributed by atoms with Crippen molar-refractivity contribution in [1.29, 1.82) is 0 Å². The van der Waals surface area contributed by atoms with Crippen molar-refractivity contribution in [3.63, 3.8) is 0 Å². The van der Waals surface area contributed by atoms with E-state index in [1.54, 1.807) is 6.20 Å². The molecule has 0 spiro atoms. The Morgan fingerprint density at radius 2 is 2.17 bits per heavy atom. The molecule has 7 nitrogen and oxygen atoms in total. The van der Waals surface area contributed by atoms with Crippen molar-refractivity contribution in [3.05, 3.63) is 54.5 Å². The number of nitrogens with one attached hydrogen (secondary N) is 2. The predicted octanol–water partition coefficient (Wildman–Crippen LogP) is 3.24. The van der Waals surface area contributed by atoms with Gasteiger partial charge in [0.2, 0.25) is 5.95 Å². The highest BCUT2D eigenvalue weighted by Gasteiger charge is 2.09. The van der Waals surface area contributed by atoms with Crippen LogP contribution in [0.1, 0.15) is 5.69 Å². The Morgan fingerprint density at radius 1 is 1.25 bits per heavy atom. The zero-order chi connectivity index (χ0) is 16.5. The Kier molecular flexibility index (Phi) is 3.58. The highest BCUT2D eigenvalue weighted by Crippen LogP contribution is 2.29. The van der Waals surface area contributed by atoms with Crippen LogP contribution in [0.15, 0.2) is 58.7 Å². The van der Waals surface area contributed by atoms with Crippen molar-refractivity contribution in [2.75, 3.05) is 11.1 Å². The van der Waals surface area contributed by atoms with Crippen molar-refractivity contribution in [3.8, 4) is 0 Å². The molecular weight excluding hydrogens is 322 g/mol. The van der Waals surface area contributed by atoms with Gasteiger partial charge >= 0.3 is 0 Å². The largest absolute Gasteiger partial charge is 0.399 e. The number of hydrogen-bond acceptors (Lipinski definition) is 6. The van der Waals surface area contributed by atoms with E-state index in [0.29, 0.717) is 11.8 Å². The maximum absolute atomic E-state index is 5.85. The van der Waals surface area contributed by atoms with E-state index < -0.39 is 0 Å². The van der Waals surface area contributed by atoms with Crippen LogP contribution in [0.25, 0.3) is 5.65 Å². The Morgan fingerprint density at radius 3 is 2.96 bits per heavy atom. The van der Waals surface area contributed by atoms with Gasteiger partial charge in [-0.25, -0.2) is 9.97 Å². The first-order valence-corrected chi connectivity index (χ1v) is 8.15. The third-order valence-corrected chi connectivity index (χ3v) is 4.30. The van der Waals surface area contributed by atoms with Crippen molar-refractivity contribution >= 4 is 34.9 Å². The summed E-state index contributed by atoms with van der Waals surface area (Å²) in [5.41, 5.74) is 8.36. The SMILES string of the molecule is Cc1cc(Nc2nc(Sc3cccc(N)c3)cc3nccn23)n[nH]1. The summed E-state index contributed by atoms with van der Waals surface area (Å²) in [6.45, 7) is 1.95. The minimum atomic E-state index is 0.655. The summed E-state index contributed by atoms with van der Waals surface area (Å²) < 4.78 is 1.88. The van der Waals surface area contributed by atoms with Crippen LogP contribution < -0.4 is 11.1 Å². The Labute approximate surface area is 142 Å². The van der Waals surface area contributed by atoms with E-state index in [2.05, 4.69) is 25.5 Å². The highest BCUT2D eigenvalue weighted by atomic mass is 32.2. The first-order valence-electron chi connectivity index (χ1n) is 7.34. The van der Waals surface area contributed by atoms with Gasteiger partial charge in [0.05, 0.1) is 0 Å². The molecule has 0 fully saturated rings. The monoisotopic (exact) mass is 337 g/mol. The van der Waals surface area contributed by atoms with Crippen LogP contribution >= 0.6 is 11.8 Å². The maximum Gasteiger partial charge on any atom is 0.215 e. The molecular formula is C16H15N7S. The lowest BCUT2D eigenvalue weighted by Crippen LogP contribution is -2.02. The summed E-state index contributed by atoms with van der Waals surface area (Å²) in [5, 5.41) is 11.2. The van der Waals surface area contributed by atoms with Gasteiger partial charge in [-0.3, -0.25) is 9.50 Å². The molecule has 4 aromatic rings. The molecule has 4 rings (SSSR count). The smallest absolute Gasteiger partial charge is 0.215 e. The molecule has 0 saturated heterocycles. The van der Waals surface area contributed by atoms with Crippen LogP contribution in [0.3, 0.4) is 0 Å². The third kappa shape index (κ3) is 2.91. The van der Waals surface area contributed by atoms with Gasteiger partial charge in [-0.05, 0) is 25.1 Å². The molecule has 0 atom stereocenters. The van der Waals surface area contributed by atoms with Gasteiger partial charge in [-0.15, -0.1) is 0 Å². The van der Waals surface area contributed by atoms with Gasteiger partial charge in [-0.1, -0.05) is 17.8 Å². The fourth-order valence-electron chi connectivity index (χ4n) is 2.34. The van der Waals surface area contributed by atoms with Gasteiger partial charge in [-0.2, -0.15) is 5.10 Å². The first-order chi connectivity index (χ1) is 11.7. The van der Waals surface area contributed by atoms with E-state index in [4.69, 9.17) is 5.73 Å². The summed E-state index contributed by atoms with van der Waals surface area (Å²) in [6.07, 6.45) is 3.60. The van der Waals surface area contributed by atoms with E-state index in [0.717, 1.165) is 26.9 Å². The summed E-state index contributed by atoms with van der Waals surface area (Å²) >= 11 is 1.54. The molecule has 24 heavy (non-hydrogen) atoms. The average molecular weight is 337 g/mol. The van der Waals surface area contributed by atoms with Crippen molar-refractivity contribution in [2.24, 2.45) is 0 Å². The highest BCUT2D eigenvalue weighted by molar-refractivity contribution is 7.99. The summed E-state index contributed by atoms with van der Waals surface area (Å²) in [6, 6.07) is 11.6. The molecule has 1 aromatic carbocycles. The number of rotatable bonds is 4. The molecule has 8 heteroatoms. The van der Waals surface area contributed by atoms with E-state index >= 15 is 0 Å². The lowest BCUT2D eigenvalue weighted by atomic mass is 10.3. The number of aryl methyl sites for hydroxylation is 1. The molecule has 0 radical (unpaired) electrons. The quantitative estimate of drug-likeness (QED) is 0.391. The Hall–Kier alpha value is -3.00. The first kappa shape index (κ1) is 14.6. The number of nitrogen functional groups attached to an aromatic ring is 1. The molecule has 0 aliphatic heterocycles. The number of aromatic amines is 1. The number of aromatic nitrogens is 5. The molecule has 120 valence electrons. The van der Waals surface area contributed by atoms with Crippen LogP contribution in [0.5, 0.6) is 0 Å². The molecule has 0 amide bonds. The lowest BCUT2D eigenvalue weighted by Gasteiger charge is -2.08. The molecule has 0 aliphatic carbocycles. The molecule has 0 unspecified atom stereocenters. The second kappa shape index (κ2) is 5.89. The van der Waals surface area contributed by atoms with E-state index in [-0.39, 0.29) is 0 Å². The molecule has 0 aliphatic rings. The topological polar surface area (TPSA) is 96.9 Å². The minimum Gasteiger partial charge on any atom is -0.399 e. The van der Waals surface area contributed by atoms with Crippen LogP contribution in [0, 0.1) is 6.92 Å². The number of hydrogen-bond donors (Lipinski definition) is 3. The zero-order valence-corrected chi connectivity index (χ0v) is 13.7. The number of benzene rings is 1. The number of H-pyrrole nitrogens is 1. The van der Waals surface area contributed by atoms with Crippen molar-refractivity contribution in [1.82, 2.24) is 24.6 Å². The Bertz CT molecular complexity index is 1000. The molecule has 3 heterocycles. The zero-order valence-electron chi connectivity index (χ0n) is 12.9. The third-order valence-electron chi connectivity index (χ3n) is 3.39. The fourth-order valence-corrected chi connectivity index (χ4v) is 3.22. The van der Waals surface area contributed by atoms with Crippen LogP contribution in [-0.4, -0.2) is 24.6 Å². The van der Waals surface area contributed by atoms with Gasteiger partial charge in [0, 0.05) is 40.8 Å². The van der Waals surface area contributed by atoms with Gasteiger partial charge in [0.1, 0.15) is 10.7 Å². The molecule has 4 N–H and O–H groups in total. The second-order valence-corrected chi connectivity index (χ2v) is 6.40. The van der Waals surface area contributed by atoms with Crippen LogP contribution in [-0.2, 0) is 0 Å². The van der Waals surface area contributed by atoms with Crippen molar-refractivity contribution in [2.45, 2.75) is 16.8 Å². The fraction of sp³-hybridized carbons (Fsp3) is 0.0625. The molecule has 0 bridgehead atoms. The molecule has 3 aromatic heterocycles. The van der Waals surface area contributed by atoms with Crippen LogP contribution in [0.2, 0.25) is 0 Å². The Balaban J connectivity index is 1.71. The van der Waals surface area contributed by atoms with Gasteiger partial charge in [0.25, 0.3) is 0 Å². The predicted molar refractivity (Wildman–Crippen MR) is 94.6 cm³/mol. The van der Waals surface area contributed by atoms with Crippen LogP contribution in [0.4, 0.5) is 17.5 Å². The number of fused-ring (bicyclic) bond motifs is 1. The number of nitrogens with zero attached hydrogens (tertiary/aromatic N) is 4. The summed E-state index contributed by atoms with van der Waals surface area (Å²) in [4.78, 5) is 10.1. The normalized spacial score (nSPS) is 11.0. The van der Waals surface area contributed by atoms with Gasteiger partial charge in [0.15, 0.2) is 5.82 Å².